The Bertz CT molecular complexity index is 737. The van der Waals surface area contributed by atoms with Gasteiger partial charge in [-0.25, -0.2) is 0 Å². The maximum absolute atomic E-state index is 12.1. The predicted octanol–water partition coefficient (Wildman–Crippen LogP) is 2.39. The van der Waals surface area contributed by atoms with Crippen molar-refractivity contribution in [2.75, 3.05) is 25.5 Å². The van der Waals surface area contributed by atoms with E-state index in [0.29, 0.717) is 15.7 Å². The van der Waals surface area contributed by atoms with Gasteiger partial charge in [0.1, 0.15) is 0 Å². The molecule has 2 atom stereocenters. The van der Waals surface area contributed by atoms with Gasteiger partial charge in [-0.2, -0.15) is 0 Å². The van der Waals surface area contributed by atoms with E-state index in [1.54, 1.807) is 36.6 Å². The van der Waals surface area contributed by atoms with E-state index in [1.807, 2.05) is 24.4 Å². The number of rotatable bonds is 7. The standard InChI is InChI=1S/C17H19Cl2N3O2S/c1-11(15-4-3-7-25-15)20-16(23)9-22(2)10-17(24)21-12-5-6-13(18)14(19)8-12/h3-8,11H,9-10H2,1-2H3,(H,20,23)(H,21,24)/p+1/t11-/m0/s1. The second kappa shape index (κ2) is 9.20. The minimum atomic E-state index is -0.199. The molecule has 1 heterocycles. The average Bonchev–Trinajstić information content (AvgIpc) is 3.04. The summed E-state index contributed by atoms with van der Waals surface area (Å²) in [5, 5.41) is 8.46. The van der Waals surface area contributed by atoms with Gasteiger partial charge in [-0.1, -0.05) is 29.3 Å². The number of likely N-dealkylation sites (N-methyl/N-ethyl adjacent to an activating group) is 1. The molecule has 0 aliphatic rings. The second-order valence-electron chi connectivity index (χ2n) is 5.79. The van der Waals surface area contributed by atoms with Gasteiger partial charge in [0.15, 0.2) is 13.1 Å². The summed E-state index contributed by atoms with van der Waals surface area (Å²) in [6.45, 7) is 2.32. The zero-order valence-corrected chi connectivity index (χ0v) is 16.3. The summed E-state index contributed by atoms with van der Waals surface area (Å²) in [5.41, 5.74) is 0.572. The highest BCUT2D eigenvalue weighted by Gasteiger charge is 2.17. The average molecular weight is 401 g/mol. The molecule has 0 radical (unpaired) electrons. The Morgan fingerprint density at radius 2 is 1.88 bits per heavy atom. The Morgan fingerprint density at radius 1 is 1.16 bits per heavy atom. The normalized spacial score (nSPS) is 13.1. The molecule has 1 aromatic heterocycles. The van der Waals surface area contributed by atoms with Gasteiger partial charge in [0.25, 0.3) is 11.8 Å². The van der Waals surface area contributed by atoms with Crippen LogP contribution < -0.4 is 15.5 Å². The molecule has 2 amide bonds. The van der Waals surface area contributed by atoms with Crippen molar-refractivity contribution in [2.45, 2.75) is 13.0 Å². The number of nitrogens with one attached hydrogen (secondary N) is 3. The Kier molecular flexibility index (Phi) is 7.25. The van der Waals surface area contributed by atoms with Crippen LogP contribution in [-0.4, -0.2) is 32.0 Å². The molecular formula is C17H20Cl2N3O2S+. The number of carbonyl (C=O) groups is 2. The smallest absolute Gasteiger partial charge is 0.279 e. The molecule has 3 N–H and O–H groups in total. The highest BCUT2D eigenvalue weighted by Crippen LogP contribution is 2.24. The fourth-order valence-electron chi connectivity index (χ4n) is 2.29. The largest absolute Gasteiger partial charge is 0.344 e. The monoisotopic (exact) mass is 400 g/mol. The first-order chi connectivity index (χ1) is 11.8. The molecule has 8 heteroatoms. The summed E-state index contributed by atoms with van der Waals surface area (Å²) in [7, 11) is 1.80. The molecule has 134 valence electrons. The van der Waals surface area contributed by atoms with Gasteiger partial charge in [0.2, 0.25) is 0 Å². The number of benzene rings is 1. The zero-order chi connectivity index (χ0) is 18.4. The molecule has 0 fully saturated rings. The van der Waals surface area contributed by atoms with Gasteiger partial charge >= 0.3 is 0 Å². The maximum atomic E-state index is 12.1. The summed E-state index contributed by atoms with van der Waals surface area (Å²) in [6, 6.07) is 8.79. The van der Waals surface area contributed by atoms with Crippen molar-refractivity contribution in [3.63, 3.8) is 0 Å². The second-order valence-corrected chi connectivity index (χ2v) is 7.59. The molecule has 0 saturated carbocycles. The van der Waals surface area contributed by atoms with Gasteiger partial charge in [-0.15, -0.1) is 11.3 Å². The van der Waals surface area contributed by atoms with Gasteiger partial charge in [0, 0.05) is 10.6 Å². The molecule has 1 unspecified atom stereocenters. The van der Waals surface area contributed by atoms with Gasteiger partial charge < -0.3 is 15.5 Å². The van der Waals surface area contributed by atoms with Crippen molar-refractivity contribution in [3.8, 4) is 0 Å². The summed E-state index contributed by atoms with van der Waals surface area (Å²) >= 11 is 13.4. The predicted molar refractivity (Wildman–Crippen MR) is 103 cm³/mol. The molecule has 0 spiro atoms. The third-order valence-corrected chi connectivity index (χ3v) is 5.27. The zero-order valence-electron chi connectivity index (χ0n) is 13.9. The van der Waals surface area contributed by atoms with Gasteiger partial charge in [-0.05, 0) is 36.6 Å². The fraction of sp³-hybridized carbons (Fsp3) is 0.294. The van der Waals surface area contributed by atoms with E-state index in [0.717, 1.165) is 9.78 Å². The number of carbonyl (C=O) groups excluding carboxylic acids is 2. The van der Waals surface area contributed by atoms with Crippen LogP contribution >= 0.6 is 34.5 Å². The Morgan fingerprint density at radius 3 is 2.52 bits per heavy atom. The molecule has 1 aromatic carbocycles. The van der Waals surface area contributed by atoms with Crippen LogP contribution in [0.25, 0.3) is 0 Å². The van der Waals surface area contributed by atoms with Crippen molar-refractivity contribution in [1.82, 2.24) is 5.32 Å². The molecule has 0 aliphatic heterocycles. The first-order valence-electron chi connectivity index (χ1n) is 7.74. The number of halogens is 2. The Balaban J connectivity index is 1.78. The van der Waals surface area contributed by atoms with Gasteiger partial charge in [0.05, 0.1) is 23.1 Å². The lowest BCUT2D eigenvalue weighted by Crippen LogP contribution is -3.11. The lowest BCUT2D eigenvalue weighted by Gasteiger charge is -2.16. The van der Waals surface area contributed by atoms with E-state index in [9.17, 15) is 9.59 Å². The molecule has 2 rings (SSSR count). The quantitative estimate of drug-likeness (QED) is 0.667. The van der Waals surface area contributed by atoms with Crippen molar-refractivity contribution in [2.24, 2.45) is 0 Å². The van der Waals surface area contributed by atoms with Gasteiger partial charge in [-0.3, -0.25) is 9.59 Å². The lowest BCUT2D eigenvalue weighted by molar-refractivity contribution is -0.862. The summed E-state index contributed by atoms with van der Waals surface area (Å²) < 4.78 is 0. The minimum Gasteiger partial charge on any atom is -0.344 e. The van der Waals surface area contributed by atoms with E-state index in [4.69, 9.17) is 23.2 Å². The number of thiophene rings is 1. The van der Waals surface area contributed by atoms with E-state index >= 15 is 0 Å². The Labute approximate surface area is 160 Å². The number of hydrogen-bond acceptors (Lipinski definition) is 3. The van der Waals surface area contributed by atoms with Crippen molar-refractivity contribution in [1.29, 1.82) is 0 Å². The minimum absolute atomic E-state index is 0.0367. The molecule has 5 nitrogen and oxygen atoms in total. The van der Waals surface area contributed by atoms with Crippen LogP contribution in [0.2, 0.25) is 10.0 Å². The van der Waals surface area contributed by atoms with E-state index in [1.165, 1.54) is 0 Å². The van der Waals surface area contributed by atoms with Crippen LogP contribution in [0.3, 0.4) is 0 Å². The fourth-order valence-corrected chi connectivity index (χ4v) is 3.32. The van der Waals surface area contributed by atoms with E-state index < -0.39 is 0 Å². The van der Waals surface area contributed by atoms with Crippen molar-refractivity contribution >= 4 is 52.0 Å². The summed E-state index contributed by atoms with van der Waals surface area (Å²) in [4.78, 5) is 26.0. The molecular weight excluding hydrogens is 381 g/mol. The molecule has 0 aliphatic carbocycles. The van der Waals surface area contributed by atoms with Crippen molar-refractivity contribution < 1.29 is 14.5 Å². The van der Waals surface area contributed by atoms with Crippen LogP contribution in [-0.2, 0) is 9.59 Å². The first-order valence-corrected chi connectivity index (χ1v) is 9.37. The van der Waals surface area contributed by atoms with Crippen LogP contribution in [0.4, 0.5) is 5.69 Å². The van der Waals surface area contributed by atoms with Crippen LogP contribution in [0.1, 0.15) is 17.8 Å². The maximum Gasteiger partial charge on any atom is 0.279 e. The Hall–Kier alpha value is -1.60. The first kappa shape index (κ1) is 19.7. The van der Waals surface area contributed by atoms with Crippen LogP contribution in [0.5, 0.6) is 0 Å². The van der Waals surface area contributed by atoms with Crippen LogP contribution in [0, 0.1) is 0 Å². The highest BCUT2D eigenvalue weighted by molar-refractivity contribution is 7.10. The third kappa shape index (κ3) is 6.32. The summed E-state index contributed by atoms with van der Waals surface area (Å²) in [5.74, 6) is -0.296. The van der Waals surface area contributed by atoms with E-state index in [2.05, 4.69) is 10.6 Å². The lowest BCUT2D eigenvalue weighted by atomic mass is 10.2. The number of quaternary nitrogens is 1. The topological polar surface area (TPSA) is 62.6 Å². The molecule has 0 bridgehead atoms. The van der Waals surface area contributed by atoms with E-state index in [-0.39, 0.29) is 30.9 Å². The SMILES string of the molecule is C[C@H](NC(=O)C[NH+](C)CC(=O)Nc1ccc(Cl)c(Cl)c1)c1cccs1. The summed E-state index contributed by atoms with van der Waals surface area (Å²) in [6.07, 6.45) is 0. The number of amides is 2. The third-order valence-electron chi connectivity index (χ3n) is 3.48. The number of hydrogen-bond donors (Lipinski definition) is 3. The molecule has 0 saturated heterocycles. The van der Waals surface area contributed by atoms with Crippen molar-refractivity contribution in [3.05, 3.63) is 50.6 Å². The number of anilines is 1. The highest BCUT2D eigenvalue weighted by atomic mass is 35.5. The van der Waals surface area contributed by atoms with Crippen LogP contribution in [0.15, 0.2) is 35.7 Å². The molecule has 25 heavy (non-hydrogen) atoms. The molecule has 2 aromatic rings.